The number of carbonyl (C=O) groups is 4. The summed E-state index contributed by atoms with van der Waals surface area (Å²) in [6, 6.07) is 5.27. The van der Waals surface area contributed by atoms with Gasteiger partial charge in [-0.15, -0.1) is 0 Å². The van der Waals surface area contributed by atoms with Crippen LogP contribution in [0.5, 0.6) is 0 Å². The van der Waals surface area contributed by atoms with Crippen LogP contribution in [0.15, 0.2) is 24.3 Å². The van der Waals surface area contributed by atoms with E-state index in [0.717, 1.165) is 32.1 Å². The molecule has 2 heterocycles. The van der Waals surface area contributed by atoms with E-state index in [1.807, 2.05) is 0 Å². The minimum absolute atomic E-state index is 0.00988. The van der Waals surface area contributed by atoms with Crippen molar-refractivity contribution in [2.75, 3.05) is 39.8 Å². The number of hydrogen-bond donors (Lipinski definition) is 2. The molecular weight excluding hydrogens is 465 g/mol. The molecule has 1 aromatic carbocycles. The standard InChI is InChI=1S/C26H34FN5O4/c1-28-17-23(34)29-24(18-5-3-2-4-6-18)26(36)31-11-9-30(10-12-31)25(35)22-16-19-15-20(27)7-8-21(19)32(22)13-14-33/h7-8,14-16,18,24,28H,2-6,9-13,17H2,1H3,(H,29,34). The molecule has 2 N–H and O–H groups in total. The van der Waals surface area contributed by atoms with E-state index in [2.05, 4.69) is 10.6 Å². The maximum atomic E-state index is 13.7. The average molecular weight is 500 g/mol. The SMILES string of the molecule is CNCC(=O)NC(C(=O)N1CCN(C(=O)c2cc3cc(F)ccc3n2CC=O)CC1)C1CCCCC1. The van der Waals surface area contributed by atoms with Crippen LogP contribution in [0.2, 0.25) is 0 Å². The van der Waals surface area contributed by atoms with E-state index in [1.54, 1.807) is 33.5 Å². The summed E-state index contributed by atoms with van der Waals surface area (Å²) in [5, 5.41) is 6.33. The van der Waals surface area contributed by atoms with E-state index in [-0.39, 0.29) is 36.7 Å². The number of aromatic nitrogens is 1. The van der Waals surface area contributed by atoms with Crippen LogP contribution in [0.25, 0.3) is 10.9 Å². The monoisotopic (exact) mass is 499 g/mol. The lowest BCUT2D eigenvalue weighted by Crippen LogP contribution is -2.58. The Labute approximate surface area is 210 Å². The first-order valence-electron chi connectivity index (χ1n) is 12.7. The number of benzene rings is 1. The molecule has 0 radical (unpaired) electrons. The predicted molar refractivity (Wildman–Crippen MR) is 133 cm³/mol. The summed E-state index contributed by atoms with van der Waals surface area (Å²) in [5.41, 5.74) is 0.940. The molecule has 2 fully saturated rings. The summed E-state index contributed by atoms with van der Waals surface area (Å²) < 4.78 is 15.3. The van der Waals surface area contributed by atoms with Gasteiger partial charge in [0.1, 0.15) is 23.8 Å². The highest BCUT2D eigenvalue weighted by Crippen LogP contribution is 2.28. The second-order valence-electron chi connectivity index (χ2n) is 9.60. The summed E-state index contributed by atoms with van der Waals surface area (Å²) in [6.07, 6.45) is 5.79. The Balaban J connectivity index is 1.45. The van der Waals surface area contributed by atoms with E-state index < -0.39 is 11.9 Å². The lowest BCUT2D eigenvalue weighted by Gasteiger charge is -2.39. The second kappa shape index (κ2) is 11.6. The molecule has 1 aromatic heterocycles. The third kappa shape index (κ3) is 5.59. The molecule has 36 heavy (non-hydrogen) atoms. The second-order valence-corrected chi connectivity index (χ2v) is 9.60. The summed E-state index contributed by atoms with van der Waals surface area (Å²) in [6.45, 7) is 1.53. The van der Waals surface area contributed by atoms with Crippen molar-refractivity contribution in [2.45, 2.75) is 44.7 Å². The largest absolute Gasteiger partial charge is 0.343 e. The number of likely N-dealkylation sites (N-methyl/N-ethyl adjacent to an activating group) is 1. The Bertz CT molecular complexity index is 1120. The molecule has 0 spiro atoms. The number of piperazine rings is 1. The molecule has 1 atom stereocenters. The van der Waals surface area contributed by atoms with Crippen molar-refractivity contribution in [3.8, 4) is 0 Å². The zero-order valence-corrected chi connectivity index (χ0v) is 20.7. The van der Waals surface area contributed by atoms with E-state index in [9.17, 15) is 23.6 Å². The van der Waals surface area contributed by atoms with Crippen molar-refractivity contribution < 1.29 is 23.6 Å². The fourth-order valence-corrected chi connectivity index (χ4v) is 5.41. The predicted octanol–water partition coefficient (Wildman–Crippen LogP) is 1.55. The molecule has 9 nitrogen and oxygen atoms in total. The van der Waals surface area contributed by atoms with Gasteiger partial charge in [-0.05, 0) is 50.1 Å². The van der Waals surface area contributed by atoms with Crippen LogP contribution in [0, 0.1) is 11.7 Å². The molecule has 1 aliphatic heterocycles. The smallest absolute Gasteiger partial charge is 0.270 e. The van der Waals surface area contributed by atoms with Gasteiger partial charge in [0, 0.05) is 37.1 Å². The molecule has 2 aliphatic rings. The van der Waals surface area contributed by atoms with Gasteiger partial charge in [-0.25, -0.2) is 4.39 Å². The normalized spacial score (nSPS) is 17.7. The zero-order valence-electron chi connectivity index (χ0n) is 20.7. The van der Waals surface area contributed by atoms with Gasteiger partial charge in [0.05, 0.1) is 13.1 Å². The number of fused-ring (bicyclic) bond motifs is 1. The van der Waals surface area contributed by atoms with Gasteiger partial charge in [0.15, 0.2) is 0 Å². The molecule has 0 bridgehead atoms. The van der Waals surface area contributed by atoms with Crippen LogP contribution in [0.4, 0.5) is 4.39 Å². The summed E-state index contributed by atoms with van der Waals surface area (Å²) in [7, 11) is 1.69. The Hall–Kier alpha value is -3.27. The molecule has 1 saturated carbocycles. The Morgan fingerprint density at radius 3 is 2.42 bits per heavy atom. The van der Waals surface area contributed by atoms with Crippen molar-refractivity contribution in [3.05, 3.63) is 35.8 Å². The third-order valence-electron chi connectivity index (χ3n) is 7.26. The van der Waals surface area contributed by atoms with Crippen LogP contribution >= 0.6 is 0 Å². The maximum Gasteiger partial charge on any atom is 0.270 e. The molecule has 194 valence electrons. The van der Waals surface area contributed by atoms with Gasteiger partial charge in [0.25, 0.3) is 5.91 Å². The van der Waals surface area contributed by atoms with Gasteiger partial charge in [-0.2, -0.15) is 0 Å². The fraction of sp³-hybridized carbons (Fsp3) is 0.538. The Kier molecular flexibility index (Phi) is 8.35. The highest BCUT2D eigenvalue weighted by molar-refractivity contribution is 5.99. The molecule has 10 heteroatoms. The Morgan fingerprint density at radius 1 is 1.06 bits per heavy atom. The molecule has 3 amide bonds. The van der Waals surface area contributed by atoms with Crippen molar-refractivity contribution >= 4 is 34.9 Å². The van der Waals surface area contributed by atoms with Crippen LogP contribution in [-0.2, 0) is 20.9 Å². The van der Waals surface area contributed by atoms with Gasteiger partial charge in [0.2, 0.25) is 11.8 Å². The van der Waals surface area contributed by atoms with Crippen molar-refractivity contribution in [3.63, 3.8) is 0 Å². The maximum absolute atomic E-state index is 13.7. The number of halogens is 1. The number of carbonyl (C=O) groups excluding carboxylic acids is 4. The highest BCUT2D eigenvalue weighted by atomic mass is 19.1. The summed E-state index contributed by atoms with van der Waals surface area (Å²) in [5.74, 6) is -0.845. The number of rotatable bonds is 8. The molecule has 1 saturated heterocycles. The summed E-state index contributed by atoms with van der Waals surface area (Å²) >= 11 is 0. The molecule has 1 unspecified atom stereocenters. The minimum atomic E-state index is -0.557. The van der Waals surface area contributed by atoms with Crippen molar-refractivity contribution in [1.29, 1.82) is 0 Å². The van der Waals surface area contributed by atoms with Crippen LogP contribution in [-0.4, -0.2) is 84.2 Å². The van der Waals surface area contributed by atoms with Crippen molar-refractivity contribution in [2.24, 2.45) is 5.92 Å². The number of nitrogens with zero attached hydrogens (tertiary/aromatic N) is 3. The Morgan fingerprint density at radius 2 is 1.75 bits per heavy atom. The van der Waals surface area contributed by atoms with Gasteiger partial charge < -0.3 is 29.8 Å². The molecule has 1 aliphatic carbocycles. The lowest BCUT2D eigenvalue weighted by atomic mass is 9.83. The first-order valence-corrected chi connectivity index (χ1v) is 12.7. The van der Waals surface area contributed by atoms with Crippen LogP contribution < -0.4 is 10.6 Å². The number of hydrogen-bond acceptors (Lipinski definition) is 5. The number of aldehydes is 1. The number of amides is 3. The minimum Gasteiger partial charge on any atom is -0.343 e. The van der Waals surface area contributed by atoms with E-state index in [4.69, 9.17) is 0 Å². The highest BCUT2D eigenvalue weighted by Gasteiger charge is 2.35. The molecule has 2 aromatic rings. The fourth-order valence-electron chi connectivity index (χ4n) is 5.41. The first-order chi connectivity index (χ1) is 17.4. The molecule has 4 rings (SSSR count). The van der Waals surface area contributed by atoms with Crippen LogP contribution in [0.1, 0.15) is 42.6 Å². The van der Waals surface area contributed by atoms with E-state index in [0.29, 0.717) is 49.1 Å². The van der Waals surface area contributed by atoms with Gasteiger partial charge in [-0.3, -0.25) is 14.4 Å². The zero-order chi connectivity index (χ0) is 25.7. The van der Waals surface area contributed by atoms with Gasteiger partial charge in [-0.1, -0.05) is 19.3 Å². The van der Waals surface area contributed by atoms with E-state index in [1.165, 1.54) is 12.1 Å². The number of nitrogens with one attached hydrogen (secondary N) is 2. The first kappa shape index (κ1) is 25.8. The van der Waals surface area contributed by atoms with Gasteiger partial charge >= 0.3 is 0 Å². The van der Waals surface area contributed by atoms with E-state index >= 15 is 0 Å². The third-order valence-corrected chi connectivity index (χ3v) is 7.26. The lowest BCUT2D eigenvalue weighted by molar-refractivity contribution is -0.139. The summed E-state index contributed by atoms with van der Waals surface area (Å²) in [4.78, 5) is 53.8. The molecular formula is C26H34FN5O4. The van der Waals surface area contributed by atoms with Crippen LogP contribution in [0.3, 0.4) is 0 Å². The topological polar surface area (TPSA) is 104 Å². The van der Waals surface area contributed by atoms with Crippen molar-refractivity contribution in [1.82, 2.24) is 25.0 Å². The quantitative estimate of drug-likeness (QED) is 0.537. The average Bonchev–Trinajstić information content (AvgIpc) is 3.24.